The molecule has 0 saturated heterocycles. The van der Waals surface area contributed by atoms with Crippen molar-refractivity contribution >= 4 is 51.4 Å². The van der Waals surface area contributed by atoms with Crippen LogP contribution in [-0.4, -0.2) is 25.9 Å². The smallest absolute Gasteiger partial charge is 0.237 e. The molecule has 1 heterocycles. The average Bonchev–Trinajstić information content (AvgIpc) is 3.20. The Morgan fingerprint density at radius 3 is 2.59 bits per heavy atom. The monoisotopic (exact) mass is 465 g/mol. The van der Waals surface area contributed by atoms with Gasteiger partial charge in [0.15, 0.2) is 11.0 Å². The third kappa shape index (κ3) is 5.06. The van der Waals surface area contributed by atoms with E-state index in [1.807, 2.05) is 85.1 Å². The van der Waals surface area contributed by atoms with Crippen molar-refractivity contribution in [3.8, 4) is 0 Å². The maximum atomic E-state index is 12.9. The molecule has 4 aromatic rings. The van der Waals surface area contributed by atoms with Crippen molar-refractivity contribution in [2.45, 2.75) is 37.3 Å². The zero-order valence-electron chi connectivity index (χ0n) is 17.9. The Kier molecular flexibility index (Phi) is 6.97. The first-order valence-electron chi connectivity index (χ1n) is 10.4. The number of amides is 1. The van der Waals surface area contributed by atoms with Crippen molar-refractivity contribution in [1.29, 1.82) is 0 Å². The summed E-state index contributed by atoms with van der Waals surface area (Å²) < 4.78 is 2.02. The molecule has 0 aliphatic carbocycles. The maximum absolute atomic E-state index is 12.9. The number of nitrogens with one attached hydrogen (secondary N) is 2. The summed E-state index contributed by atoms with van der Waals surface area (Å²) in [5.74, 6) is 0.740. The normalized spacial score (nSPS) is 12.0. The number of benzene rings is 3. The SMILES string of the molecule is CCn1c(CNc2ccc(Cl)cc2)nnc1S[C@H](C)C(=O)Nc1cccc2ccccc12. The van der Waals surface area contributed by atoms with Gasteiger partial charge in [-0.1, -0.05) is 59.8 Å². The van der Waals surface area contributed by atoms with E-state index in [9.17, 15) is 4.79 Å². The summed E-state index contributed by atoms with van der Waals surface area (Å²) in [4.78, 5) is 12.9. The molecule has 1 amide bonds. The van der Waals surface area contributed by atoms with Crippen LogP contribution in [0.2, 0.25) is 5.02 Å². The largest absolute Gasteiger partial charge is 0.378 e. The summed E-state index contributed by atoms with van der Waals surface area (Å²) in [6.45, 7) is 5.16. The molecule has 0 unspecified atom stereocenters. The molecule has 0 spiro atoms. The highest BCUT2D eigenvalue weighted by Gasteiger charge is 2.20. The van der Waals surface area contributed by atoms with Gasteiger partial charge in [-0.05, 0) is 49.6 Å². The van der Waals surface area contributed by atoms with Crippen molar-refractivity contribution in [3.05, 3.63) is 77.6 Å². The van der Waals surface area contributed by atoms with E-state index >= 15 is 0 Å². The first-order valence-corrected chi connectivity index (χ1v) is 11.7. The Morgan fingerprint density at radius 2 is 1.81 bits per heavy atom. The molecule has 0 radical (unpaired) electrons. The quantitative estimate of drug-likeness (QED) is 0.320. The summed E-state index contributed by atoms with van der Waals surface area (Å²) in [6, 6.07) is 21.4. The lowest BCUT2D eigenvalue weighted by atomic mass is 10.1. The molecule has 164 valence electrons. The first-order chi connectivity index (χ1) is 15.5. The summed E-state index contributed by atoms with van der Waals surface area (Å²) in [5, 5.41) is 18.2. The molecule has 0 aliphatic rings. The van der Waals surface area contributed by atoms with E-state index < -0.39 is 0 Å². The summed E-state index contributed by atoms with van der Waals surface area (Å²) >= 11 is 7.35. The number of nitrogens with zero attached hydrogens (tertiary/aromatic N) is 3. The van der Waals surface area contributed by atoms with Gasteiger partial charge in [-0.25, -0.2) is 0 Å². The molecular weight excluding hydrogens is 442 g/mol. The van der Waals surface area contributed by atoms with Gasteiger partial charge in [-0.3, -0.25) is 4.79 Å². The molecule has 0 saturated carbocycles. The van der Waals surface area contributed by atoms with Gasteiger partial charge in [-0.15, -0.1) is 10.2 Å². The standard InChI is InChI=1S/C24H24ClN5OS/c1-3-30-22(15-26-19-13-11-18(25)12-14-19)28-29-24(30)32-16(2)23(31)27-21-10-6-8-17-7-4-5-9-20(17)21/h4-14,16,26H,3,15H2,1-2H3,(H,27,31)/t16-/m1/s1. The second-order valence-electron chi connectivity index (χ2n) is 7.28. The van der Waals surface area contributed by atoms with Crippen LogP contribution < -0.4 is 10.6 Å². The van der Waals surface area contributed by atoms with Crippen LogP contribution in [0.5, 0.6) is 0 Å². The van der Waals surface area contributed by atoms with Crippen LogP contribution in [0.4, 0.5) is 11.4 Å². The number of carbonyl (C=O) groups is 1. The molecule has 1 aromatic heterocycles. The number of halogens is 1. The molecule has 32 heavy (non-hydrogen) atoms. The minimum Gasteiger partial charge on any atom is -0.378 e. The van der Waals surface area contributed by atoms with Gasteiger partial charge in [0.2, 0.25) is 5.91 Å². The number of thioether (sulfide) groups is 1. The van der Waals surface area contributed by atoms with Gasteiger partial charge in [0.25, 0.3) is 0 Å². The van der Waals surface area contributed by atoms with E-state index in [1.54, 1.807) is 0 Å². The average molecular weight is 466 g/mol. The lowest BCUT2D eigenvalue weighted by Gasteiger charge is -2.14. The summed E-state index contributed by atoms with van der Waals surface area (Å²) in [5.41, 5.74) is 1.77. The van der Waals surface area contributed by atoms with Crippen molar-refractivity contribution in [1.82, 2.24) is 14.8 Å². The predicted molar refractivity (Wildman–Crippen MR) is 132 cm³/mol. The predicted octanol–water partition coefficient (Wildman–Crippen LogP) is 5.84. The Morgan fingerprint density at radius 1 is 1.06 bits per heavy atom. The zero-order valence-corrected chi connectivity index (χ0v) is 19.5. The number of anilines is 2. The Labute approximate surface area is 196 Å². The van der Waals surface area contributed by atoms with Gasteiger partial charge in [0.1, 0.15) is 0 Å². The van der Waals surface area contributed by atoms with Gasteiger partial charge < -0.3 is 15.2 Å². The maximum Gasteiger partial charge on any atom is 0.237 e. The van der Waals surface area contributed by atoms with Crippen molar-refractivity contribution in [3.63, 3.8) is 0 Å². The first kappa shape index (κ1) is 22.2. The van der Waals surface area contributed by atoms with Gasteiger partial charge in [0.05, 0.1) is 11.8 Å². The van der Waals surface area contributed by atoms with Crippen LogP contribution in [0, 0.1) is 0 Å². The second-order valence-corrected chi connectivity index (χ2v) is 9.02. The number of hydrogen-bond acceptors (Lipinski definition) is 5. The third-order valence-electron chi connectivity index (χ3n) is 5.10. The lowest BCUT2D eigenvalue weighted by molar-refractivity contribution is -0.115. The van der Waals surface area contributed by atoms with Crippen molar-refractivity contribution < 1.29 is 4.79 Å². The van der Waals surface area contributed by atoms with E-state index in [1.165, 1.54) is 11.8 Å². The zero-order chi connectivity index (χ0) is 22.5. The van der Waals surface area contributed by atoms with Gasteiger partial charge >= 0.3 is 0 Å². The molecule has 3 aromatic carbocycles. The third-order valence-corrected chi connectivity index (χ3v) is 6.44. The minimum absolute atomic E-state index is 0.0714. The minimum atomic E-state index is -0.333. The molecule has 0 aliphatic heterocycles. The Hall–Kier alpha value is -3.03. The Balaban J connectivity index is 1.42. The van der Waals surface area contributed by atoms with Gasteiger partial charge in [-0.2, -0.15) is 0 Å². The van der Waals surface area contributed by atoms with E-state index in [2.05, 4.69) is 20.8 Å². The van der Waals surface area contributed by atoms with E-state index in [4.69, 9.17) is 11.6 Å². The summed E-state index contributed by atoms with van der Waals surface area (Å²) in [7, 11) is 0. The van der Waals surface area contributed by atoms with Crippen LogP contribution >= 0.6 is 23.4 Å². The Bertz CT molecular complexity index is 1220. The van der Waals surface area contributed by atoms with E-state index in [0.29, 0.717) is 18.1 Å². The number of rotatable bonds is 8. The van der Waals surface area contributed by atoms with Crippen molar-refractivity contribution in [2.75, 3.05) is 10.6 Å². The van der Waals surface area contributed by atoms with Crippen LogP contribution in [0.25, 0.3) is 10.8 Å². The summed E-state index contributed by atoms with van der Waals surface area (Å²) in [6.07, 6.45) is 0. The fraction of sp³-hybridized carbons (Fsp3) is 0.208. The topological polar surface area (TPSA) is 71.8 Å². The number of aromatic nitrogens is 3. The molecule has 0 bridgehead atoms. The van der Waals surface area contributed by atoms with E-state index in [0.717, 1.165) is 33.1 Å². The van der Waals surface area contributed by atoms with Crippen molar-refractivity contribution in [2.24, 2.45) is 0 Å². The highest BCUT2D eigenvalue weighted by atomic mass is 35.5. The molecule has 6 nitrogen and oxygen atoms in total. The molecular formula is C24H24ClN5OS. The number of carbonyl (C=O) groups excluding carboxylic acids is 1. The highest BCUT2D eigenvalue weighted by molar-refractivity contribution is 8.00. The molecule has 2 N–H and O–H groups in total. The van der Waals surface area contributed by atoms with Crippen LogP contribution in [-0.2, 0) is 17.9 Å². The highest BCUT2D eigenvalue weighted by Crippen LogP contribution is 2.27. The van der Waals surface area contributed by atoms with Crippen LogP contribution in [0.1, 0.15) is 19.7 Å². The molecule has 8 heteroatoms. The van der Waals surface area contributed by atoms with Gasteiger partial charge in [0, 0.05) is 28.3 Å². The van der Waals surface area contributed by atoms with Crippen LogP contribution in [0.15, 0.2) is 71.9 Å². The fourth-order valence-electron chi connectivity index (χ4n) is 3.38. The van der Waals surface area contributed by atoms with Crippen LogP contribution in [0.3, 0.4) is 0 Å². The van der Waals surface area contributed by atoms with E-state index in [-0.39, 0.29) is 11.2 Å². The molecule has 4 rings (SSSR count). The molecule has 1 atom stereocenters. The number of hydrogen-bond donors (Lipinski definition) is 2. The molecule has 0 fully saturated rings. The lowest BCUT2D eigenvalue weighted by Crippen LogP contribution is -2.23. The fourth-order valence-corrected chi connectivity index (χ4v) is 4.44. The number of fused-ring (bicyclic) bond motifs is 1. The second kappa shape index (κ2) is 10.1.